The lowest BCUT2D eigenvalue weighted by molar-refractivity contribution is 0.0557. The van der Waals surface area contributed by atoms with E-state index < -0.39 is 0 Å². The van der Waals surface area contributed by atoms with E-state index in [1.54, 1.807) is 0 Å². The molecule has 1 saturated carbocycles. The second kappa shape index (κ2) is 5.06. The van der Waals surface area contributed by atoms with Gasteiger partial charge in [0.1, 0.15) is 5.82 Å². The van der Waals surface area contributed by atoms with Crippen molar-refractivity contribution in [1.82, 2.24) is 10.2 Å². The van der Waals surface area contributed by atoms with Gasteiger partial charge in [0, 0.05) is 17.6 Å². The van der Waals surface area contributed by atoms with Crippen molar-refractivity contribution in [1.29, 1.82) is 0 Å². The molecule has 4 heteroatoms. The first-order valence-corrected chi connectivity index (χ1v) is 6.25. The fraction of sp³-hybridized carbons (Fsp3) is 0.500. The molecule has 0 radical (unpaired) electrons. The van der Waals surface area contributed by atoms with Crippen molar-refractivity contribution in [3.63, 3.8) is 0 Å². The van der Waals surface area contributed by atoms with E-state index in [9.17, 15) is 9.18 Å². The molecule has 0 atom stereocenters. The number of carbonyl (C=O) groups is 1. The predicted octanol–water partition coefficient (Wildman–Crippen LogP) is 2.04. The molecule has 2 rings (SSSR count). The molecule has 1 amide bonds. The number of nitrogens with zero attached hydrogens (tertiary/aromatic N) is 1. The Kier molecular flexibility index (Phi) is 3.66. The van der Waals surface area contributed by atoms with Crippen molar-refractivity contribution >= 4 is 5.91 Å². The maximum absolute atomic E-state index is 12.8. The molecule has 0 unspecified atom stereocenters. The van der Waals surface area contributed by atoms with Crippen molar-refractivity contribution in [2.75, 3.05) is 20.6 Å². The van der Waals surface area contributed by atoms with E-state index in [0.717, 1.165) is 12.8 Å². The third-order valence-electron chi connectivity index (χ3n) is 3.92. The van der Waals surface area contributed by atoms with Gasteiger partial charge in [-0.2, -0.15) is 0 Å². The summed E-state index contributed by atoms with van der Waals surface area (Å²) in [5.41, 5.74) is 0.611. The first kappa shape index (κ1) is 13.0. The molecule has 1 aliphatic rings. The van der Waals surface area contributed by atoms with E-state index in [1.807, 2.05) is 14.1 Å². The van der Waals surface area contributed by atoms with E-state index in [-0.39, 0.29) is 17.3 Å². The lowest BCUT2D eigenvalue weighted by Crippen LogP contribution is -2.57. The van der Waals surface area contributed by atoms with Gasteiger partial charge in [-0.05, 0) is 57.6 Å². The second-order valence-electron chi connectivity index (χ2n) is 5.16. The maximum Gasteiger partial charge on any atom is 0.251 e. The minimum Gasteiger partial charge on any atom is -0.350 e. The number of hydrogen-bond donors (Lipinski definition) is 1. The molecule has 0 saturated heterocycles. The fourth-order valence-corrected chi connectivity index (χ4v) is 2.32. The highest BCUT2D eigenvalue weighted by molar-refractivity contribution is 5.94. The van der Waals surface area contributed by atoms with Gasteiger partial charge in [-0.25, -0.2) is 4.39 Å². The quantitative estimate of drug-likeness (QED) is 0.887. The Morgan fingerprint density at radius 3 is 2.39 bits per heavy atom. The Bertz CT molecular complexity index is 424. The van der Waals surface area contributed by atoms with Gasteiger partial charge in [0.25, 0.3) is 5.91 Å². The fourth-order valence-electron chi connectivity index (χ4n) is 2.32. The van der Waals surface area contributed by atoms with Gasteiger partial charge in [-0.3, -0.25) is 4.79 Å². The van der Waals surface area contributed by atoms with Gasteiger partial charge < -0.3 is 10.2 Å². The number of hydrogen-bond acceptors (Lipinski definition) is 2. The van der Waals surface area contributed by atoms with Crippen LogP contribution in [0.3, 0.4) is 0 Å². The van der Waals surface area contributed by atoms with Crippen LogP contribution in [0.15, 0.2) is 24.3 Å². The van der Waals surface area contributed by atoms with E-state index in [1.165, 1.54) is 30.7 Å². The average molecular weight is 250 g/mol. The molecule has 1 fully saturated rings. The van der Waals surface area contributed by atoms with Gasteiger partial charge in [-0.1, -0.05) is 0 Å². The number of rotatable bonds is 4. The molecule has 0 spiro atoms. The van der Waals surface area contributed by atoms with Crippen molar-refractivity contribution in [2.24, 2.45) is 0 Å². The lowest BCUT2D eigenvalue weighted by atomic mass is 9.75. The van der Waals surface area contributed by atoms with Crippen LogP contribution in [0.1, 0.15) is 29.6 Å². The Hall–Kier alpha value is -1.42. The number of carbonyl (C=O) groups excluding carboxylic acids is 1. The molecular formula is C14H19FN2O. The molecule has 3 nitrogen and oxygen atoms in total. The van der Waals surface area contributed by atoms with Crippen molar-refractivity contribution in [2.45, 2.75) is 24.8 Å². The second-order valence-corrected chi connectivity index (χ2v) is 5.16. The highest BCUT2D eigenvalue weighted by Gasteiger charge is 2.39. The Morgan fingerprint density at radius 2 is 1.94 bits per heavy atom. The van der Waals surface area contributed by atoms with E-state index in [4.69, 9.17) is 0 Å². The van der Waals surface area contributed by atoms with Crippen LogP contribution in [0.5, 0.6) is 0 Å². The summed E-state index contributed by atoms with van der Waals surface area (Å²) in [6, 6.07) is 5.63. The zero-order chi connectivity index (χ0) is 13.2. The smallest absolute Gasteiger partial charge is 0.251 e. The minimum atomic E-state index is -0.324. The third-order valence-corrected chi connectivity index (χ3v) is 3.92. The highest BCUT2D eigenvalue weighted by atomic mass is 19.1. The van der Waals surface area contributed by atoms with Crippen LogP contribution < -0.4 is 5.32 Å². The molecule has 18 heavy (non-hydrogen) atoms. The SMILES string of the molecule is CN(C)C1(CNC(=O)c2ccc(F)cc2)CCC1. The van der Waals surface area contributed by atoms with Gasteiger partial charge >= 0.3 is 0 Å². The summed E-state index contributed by atoms with van der Waals surface area (Å²) in [6.07, 6.45) is 3.44. The molecule has 1 aromatic carbocycles. The Morgan fingerprint density at radius 1 is 1.33 bits per heavy atom. The summed E-state index contributed by atoms with van der Waals surface area (Å²) in [6.45, 7) is 0.649. The number of benzene rings is 1. The molecule has 0 aromatic heterocycles. The van der Waals surface area contributed by atoms with Crippen LogP contribution in [-0.2, 0) is 0 Å². The number of likely N-dealkylation sites (N-methyl/N-ethyl adjacent to an activating group) is 1. The summed E-state index contributed by atoms with van der Waals surface area (Å²) in [4.78, 5) is 14.1. The third kappa shape index (κ3) is 2.53. The topological polar surface area (TPSA) is 32.3 Å². The largest absolute Gasteiger partial charge is 0.350 e. The van der Waals surface area contributed by atoms with Crippen molar-refractivity contribution in [3.8, 4) is 0 Å². The summed E-state index contributed by atoms with van der Waals surface area (Å²) in [7, 11) is 4.09. The minimum absolute atomic E-state index is 0.107. The Labute approximate surface area is 107 Å². The first-order valence-electron chi connectivity index (χ1n) is 6.25. The average Bonchev–Trinajstić information content (AvgIpc) is 2.27. The normalized spacial score (nSPS) is 17.3. The van der Waals surface area contributed by atoms with Crippen molar-refractivity contribution in [3.05, 3.63) is 35.6 Å². The summed E-state index contributed by atoms with van der Waals surface area (Å²) >= 11 is 0. The van der Waals surface area contributed by atoms with Crippen molar-refractivity contribution < 1.29 is 9.18 Å². The van der Waals surface area contributed by atoms with Crippen LogP contribution in [0.4, 0.5) is 4.39 Å². The predicted molar refractivity (Wildman–Crippen MR) is 69.0 cm³/mol. The highest BCUT2D eigenvalue weighted by Crippen LogP contribution is 2.35. The molecule has 0 bridgehead atoms. The molecule has 1 aliphatic carbocycles. The van der Waals surface area contributed by atoms with Gasteiger partial charge in [-0.15, -0.1) is 0 Å². The Balaban J connectivity index is 1.94. The number of amides is 1. The zero-order valence-electron chi connectivity index (χ0n) is 10.9. The molecule has 0 aliphatic heterocycles. The molecule has 0 heterocycles. The molecule has 1 aromatic rings. The van der Waals surface area contributed by atoms with E-state index in [2.05, 4.69) is 10.2 Å². The lowest BCUT2D eigenvalue weighted by Gasteiger charge is -2.47. The summed E-state index contributed by atoms with van der Waals surface area (Å²) in [5.74, 6) is -0.460. The standard InChI is InChI=1S/C14H19FN2O/c1-17(2)14(8-3-9-14)10-16-13(18)11-4-6-12(15)7-5-11/h4-7H,3,8-10H2,1-2H3,(H,16,18). The van der Waals surface area contributed by atoms with E-state index in [0.29, 0.717) is 12.1 Å². The van der Waals surface area contributed by atoms with E-state index >= 15 is 0 Å². The van der Waals surface area contributed by atoms with Gasteiger partial charge in [0.05, 0.1) is 0 Å². The summed E-state index contributed by atoms with van der Waals surface area (Å²) < 4.78 is 12.8. The summed E-state index contributed by atoms with van der Waals surface area (Å²) in [5, 5.41) is 2.94. The van der Waals surface area contributed by atoms with Crippen LogP contribution in [-0.4, -0.2) is 37.0 Å². The maximum atomic E-state index is 12.8. The zero-order valence-corrected chi connectivity index (χ0v) is 10.9. The molecule has 98 valence electrons. The van der Waals surface area contributed by atoms with Crippen LogP contribution in [0, 0.1) is 5.82 Å². The van der Waals surface area contributed by atoms with Crippen LogP contribution in [0.2, 0.25) is 0 Å². The number of nitrogens with one attached hydrogen (secondary N) is 1. The van der Waals surface area contributed by atoms with Gasteiger partial charge in [0.15, 0.2) is 0 Å². The monoisotopic (exact) mass is 250 g/mol. The van der Waals surface area contributed by atoms with Crippen LogP contribution in [0.25, 0.3) is 0 Å². The molecular weight excluding hydrogens is 231 g/mol. The molecule has 1 N–H and O–H groups in total. The van der Waals surface area contributed by atoms with Crippen LogP contribution >= 0.6 is 0 Å². The van der Waals surface area contributed by atoms with Gasteiger partial charge in [0.2, 0.25) is 0 Å². The first-order chi connectivity index (χ1) is 8.53. The number of halogens is 1.